The highest BCUT2D eigenvalue weighted by molar-refractivity contribution is 5.24. The fourth-order valence-corrected chi connectivity index (χ4v) is 2.14. The molecule has 0 heterocycles. The molecule has 0 nitrogen and oxygen atoms in total. The van der Waals surface area contributed by atoms with Gasteiger partial charge in [0.15, 0.2) is 11.6 Å². The van der Waals surface area contributed by atoms with Crippen LogP contribution in [-0.2, 0) is 0 Å². The Morgan fingerprint density at radius 1 is 0.429 bits per heavy atom. The fraction of sp³-hybridized carbons (Fsp3) is 0.250. The first-order chi connectivity index (χ1) is 13.0. The Morgan fingerprint density at radius 2 is 0.714 bits per heavy atom. The molecule has 3 rings (SSSR count). The van der Waals surface area contributed by atoms with Gasteiger partial charge in [-0.1, -0.05) is 36.4 Å². The van der Waals surface area contributed by atoms with Crippen molar-refractivity contribution in [1.82, 2.24) is 0 Å². The van der Waals surface area contributed by atoms with E-state index in [4.69, 9.17) is 0 Å². The zero-order valence-corrected chi connectivity index (χ0v) is 17.1. The second kappa shape index (κ2) is 10.6. The van der Waals surface area contributed by atoms with Gasteiger partial charge in [0.1, 0.15) is 11.6 Å². The number of halogens is 4. The van der Waals surface area contributed by atoms with Crippen molar-refractivity contribution in [3.05, 3.63) is 105 Å². The lowest BCUT2D eigenvalue weighted by Crippen LogP contribution is -1.91. The maximum Gasteiger partial charge on any atom is 0.161 e. The van der Waals surface area contributed by atoms with E-state index >= 15 is 0 Å². The van der Waals surface area contributed by atoms with Gasteiger partial charge >= 0.3 is 0 Å². The summed E-state index contributed by atoms with van der Waals surface area (Å²) in [4.78, 5) is 0. The molecule has 0 N–H and O–H groups in total. The van der Waals surface area contributed by atoms with Crippen LogP contribution in [0, 0.1) is 64.8 Å². The van der Waals surface area contributed by atoms with Crippen LogP contribution in [0.4, 0.5) is 17.6 Å². The summed E-state index contributed by atoms with van der Waals surface area (Å²) in [5.74, 6) is -1.70. The lowest BCUT2D eigenvalue weighted by Gasteiger charge is -1.99. The largest absolute Gasteiger partial charge is 0.207 e. The summed E-state index contributed by atoms with van der Waals surface area (Å²) in [5, 5.41) is 0. The van der Waals surface area contributed by atoms with Gasteiger partial charge < -0.3 is 0 Å². The molecular formula is C24H26F4. The van der Waals surface area contributed by atoms with E-state index < -0.39 is 11.6 Å². The van der Waals surface area contributed by atoms with Crippen molar-refractivity contribution in [3.63, 3.8) is 0 Å². The van der Waals surface area contributed by atoms with Crippen molar-refractivity contribution >= 4 is 0 Å². The van der Waals surface area contributed by atoms with Crippen molar-refractivity contribution in [2.75, 3.05) is 0 Å². The molecule has 0 aliphatic carbocycles. The van der Waals surface area contributed by atoms with Gasteiger partial charge in [0.05, 0.1) is 0 Å². The summed E-state index contributed by atoms with van der Waals surface area (Å²) in [6.07, 6.45) is 0. The highest BCUT2D eigenvalue weighted by atomic mass is 19.2. The zero-order chi connectivity index (χ0) is 21.4. The number of benzene rings is 3. The van der Waals surface area contributed by atoms with Crippen LogP contribution in [0.15, 0.2) is 48.5 Å². The molecule has 0 bridgehead atoms. The van der Waals surface area contributed by atoms with Gasteiger partial charge in [0.2, 0.25) is 0 Å². The van der Waals surface area contributed by atoms with E-state index in [9.17, 15) is 17.6 Å². The summed E-state index contributed by atoms with van der Waals surface area (Å²) in [5.41, 5.74) is 4.06. The quantitative estimate of drug-likeness (QED) is 0.349. The molecule has 0 saturated heterocycles. The smallest absolute Gasteiger partial charge is 0.161 e. The lowest BCUT2D eigenvalue weighted by atomic mass is 10.1. The summed E-state index contributed by atoms with van der Waals surface area (Å²) < 4.78 is 50.4. The molecular weight excluding hydrogens is 364 g/mol. The predicted molar refractivity (Wildman–Crippen MR) is 108 cm³/mol. The van der Waals surface area contributed by atoms with Gasteiger partial charge in [0, 0.05) is 0 Å². The minimum absolute atomic E-state index is 0.116. The molecule has 150 valence electrons. The first-order valence-electron chi connectivity index (χ1n) is 8.89. The first-order valence-corrected chi connectivity index (χ1v) is 8.89. The van der Waals surface area contributed by atoms with Gasteiger partial charge in [-0.3, -0.25) is 0 Å². The Morgan fingerprint density at radius 3 is 0.964 bits per heavy atom. The standard InChI is InChI=1S/C8H8F2.2C8H9F/c1-5-3-4-6(2)8(10)7(5)9;2*1-6-3-4-7(2)8(9)5-6/h3-4H,1-2H3;2*3-5H,1-2H3. The minimum Gasteiger partial charge on any atom is -0.207 e. The van der Waals surface area contributed by atoms with Crippen LogP contribution >= 0.6 is 0 Å². The number of aryl methyl sites for hydroxylation is 6. The van der Waals surface area contributed by atoms with Crippen molar-refractivity contribution in [1.29, 1.82) is 0 Å². The molecule has 0 aliphatic heterocycles. The van der Waals surface area contributed by atoms with Crippen molar-refractivity contribution in [3.8, 4) is 0 Å². The van der Waals surface area contributed by atoms with Crippen LogP contribution in [0.5, 0.6) is 0 Å². The van der Waals surface area contributed by atoms with E-state index in [1.807, 2.05) is 26.0 Å². The monoisotopic (exact) mass is 390 g/mol. The highest BCUT2D eigenvalue weighted by Crippen LogP contribution is 2.13. The van der Waals surface area contributed by atoms with Gasteiger partial charge in [-0.25, -0.2) is 17.6 Å². The topological polar surface area (TPSA) is 0 Å². The average molecular weight is 390 g/mol. The molecule has 4 heteroatoms. The van der Waals surface area contributed by atoms with E-state index in [1.165, 1.54) is 26.0 Å². The van der Waals surface area contributed by atoms with Gasteiger partial charge in [0.25, 0.3) is 0 Å². The molecule has 28 heavy (non-hydrogen) atoms. The maximum atomic E-state index is 12.6. The van der Waals surface area contributed by atoms with Crippen molar-refractivity contribution in [2.45, 2.75) is 41.5 Å². The van der Waals surface area contributed by atoms with E-state index in [0.29, 0.717) is 22.3 Å². The fourth-order valence-electron chi connectivity index (χ4n) is 2.14. The van der Waals surface area contributed by atoms with Crippen LogP contribution < -0.4 is 0 Å². The molecule has 0 saturated carbocycles. The maximum absolute atomic E-state index is 12.6. The Balaban J connectivity index is 0.000000210. The molecule has 0 spiro atoms. The molecule has 0 atom stereocenters. The van der Waals surface area contributed by atoms with Crippen LogP contribution in [0.2, 0.25) is 0 Å². The van der Waals surface area contributed by atoms with E-state index in [0.717, 1.165) is 11.1 Å². The predicted octanol–water partition coefficient (Wildman–Crippen LogP) is 7.47. The minimum atomic E-state index is -0.736. The molecule has 0 aromatic heterocycles. The van der Waals surface area contributed by atoms with Crippen LogP contribution in [-0.4, -0.2) is 0 Å². The van der Waals surface area contributed by atoms with Crippen LogP contribution in [0.25, 0.3) is 0 Å². The molecule has 3 aromatic rings. The summed E-state index contributed by atoms with van der Waals surface area (Å²) in [7, 11) is 0. The van der Waals surface area contributed by atoms with E-state index in [1.54, 1.807) is 38.1 Å². The zero-order valence-electron chi connectivity index (χ0n) is 17.1. The van der Waals surface area contributed by atoms with Crippen LogP contribution in [0.3, 0.4) is 0 Å². The molecule has 0 fully saturated rings. The number of hydrogen-bond acceptors (Lipinski definition) is 0. The first kappa shape index (κ1) is 23.4. The van der Waals surface area contributed by atoms with Crippen LogP contribution in [0.1, 0.15) is 33.4 Å². The second-order valence-corrected chi connectivity index (χ2v) is 6.83. The van der Waals surface area contributed by atoms with E-state index in [2.05, 4.69) is 0 Å². The summed E-state index contributed by atoms with van der Waals surface area (Å²) in [6, 6.07) is 13.6. The summed E-state index contributed by atoms with van der Waals surface area (Å²) >= 11 is 0. The SMILES string of the molecule is Cc1ccc(C)c(F)c1.Cc1ccc(C)c(F)c1.Cc1ccc(C)c(F)c1F. The van der Waals surface area contributed by atoms with Crippen molar-refractivity contribution < 1.29 is 17.6 Å². The Kier molecular flexibility index (Phi) is 8.90. The third-order valence-electron chi connectivity index (χ3n) is 4.12. The van der Waals surface area contributed by atoms with E-state index in [-0.39, 0.29) is 11.6 Å². The van der Waals surface area contributed by atoms with Gasteiger partial charge in [-0.05, 0) is 87.1 Å². The Bertz CT molecular complexity index is 854. The third kappa shape index (κ3) is 7.18. The third-order valence-corrected chi connectivity index (χ3v) is 4.12. The summed E-state index contributed by atoms with van der Waals surface area (Å²) in [6.45, 7) is 10.4. The molecule has 3 aromatic carbocycles. The second-order valence-electron chi connectivity index (χ2n) is 6.83. The number of hydrogen-bond donors (Lipinski definition) is 0. The molecule has 0 aliphatic rings. The molecule has 0 radical (unpaired) electrons. The number of rotatable bonds is 0. The lowest BCUT2D eigenvalue weighted by molar-refractivity contribution is 0.497. The Labute approximate surface area is 164 Å². The molecule has 0 amide bonds. The normalized spacial score (nSPS) is 9.79. The van der Waals surface area contributed by atoms with Gasteiger partial charge in [-0.2, -0.15) is 0 Å². The average Bonchev–Trinajstić information content (AvgIpc) is 2.64. The van der Waals surface area contributed by atoms with Crippen molar-refractivity contribution in [2.24, 2.45) is 0 Å². The van der Waals surface area contributed by atoms with Gasteiger partial charge in [-0.15, -0.1) is 0 Å². The molecule has 0 unspecified atom stereocenters. The Hall–Kier alpha value is -2.62. The highest BCUT2D eigenvalue weighted by Gasteiger charge is 2.06.